The predicted molar refractivity (Wildman–Crippen MR) is 107 cm³/mol. The minimum absolute atomic E-state index is 0.870. The van der Waals surface area contributed by atoms with Crippen LogP contribution in [-0.2, 0) is 11.2 Å². The number of nitrogens with zero attached hydrogens (tertiary/aromatic N) is 3. The number of fused-ring (bicyclic) bond motifs is 1. The highest BCUT2D eigenvalue weighted by molar-refractivity contribution is 5.78. The number of hydrogen-bond acceptors (Lipinski definition) is 4. The Morgan fingerprint density at radius 1 is 1.19 bits per heavy atom. The summed E-state index contributed by atoms with van der Waals surface area (Å²) in [4.78, 5) is 6.49. The highest BCUT2D eigenvalue weighted by Crippen LogP contribution is 2.25. The van der Waals surface area contributed by atoms with Crippen LogP contribution in [0.1, 0.15) is 19.0 Å². The van der Waals surface area contributed by atoms with Crippen molar-refractivity contribution in [2.24, 2.45) is 0 Å². The molecular formula is C21H28N5O+. The summed E-state index contributed by atoms with van der Waals surface area (Å²) in [7, 11) is 0. The molecule has 0 amide bonds. The average Bonchev–Trinajstić information content (AvgIpc) is 3.14. The number of morpholine rings is 1. The molecule has 6 nitrogen and oxygen atoms in total. The number of anilines is 1. The van der Waals surface area contributed by atoms with Crippen molar-refractivity contribution in [1.82, 2.24) is 14.6 Å². The quantitative estimate of drug-likeness (QED) is 0.668. The van der Waals surface area contributed by atoms with Gasteiger partial charge in [-0.05, 0) is 12.0 Å². The normalized spacial score (nSPS) is 15.3. The molecular weight excluding hydrogens is 338 g/mol. The van der Waals surface area contributed by atoms with E-state index in [1.54, 1.807) is 4.90 Å². The maximum Gasteiger partial charge on any atom is 0.165 e. The molecule has 3 aromatic rings. The van der Waals surface area contributed by atoms with E-state index in [4.69, 9.17) is 9.72 Å². The number of rotatable bonds is 7. The molecule has 4 rings (SSSR count). The van der Waals surface area contributed by atoms with E-state index in [2.05, 4.69) is 47.7 Å². The van der Waals surface area contributed by atoms with E-state index in [1.807, 2.05) is 16.8 Å². The van der Waals surface area contributed by atoms with Crippen molar-refractivity contribution in [3.8, 4) is 11.1 Å². The highest BCUT2D eigenvalue weighted by Gasteiger charge is 2.15. The Morgan fingerprint density at radius 3 is 2.78 bits per heavy atom. The van der Waals surface area contributed by atoms with Crippen LogP contribution < -0.4 is 10.2 Å². The van der Waals surface area contributed by atoms with Gasteiger partial charge in [0.1, 0.15) is 18.9 Å². The zero-order valence-corrected chi connectivity index (χ0v) is 15.9. The van der Waals surface area contributed by atoms with Gasteiger partial charge in [-0.2, -0.15) is 9.61 Å². The standard InChI is InChI=1S/C21H27N5O/c1-2-6-18-15-20(22-9-10-25-11-13-27-14-12-25)26-21(24-18)19(16-23-26)17-7-4-3-5-8-17/h3-5,7-8,15-16,22H,2,6,9-14H2,1H3/p+1. The Balaban J connectivity index is 1.59. The summed E-state index contributed by atoms with van der Waals surface area (Å²) in [5.74, 6) is 1.03. The zero-order chi connectivity index (χ0) is 18.5. The van der Waals surface area contributed by atoms with Gasteiger partial charge in [-0.3, -0.25) is 0 Å². The van der Waals surface area contributed by atoms with Crippen LogP contribution in [0.3, 0.4) is 0 Å². The zero-order valence-electron chi connectivity index (χ0n) is 15.9. The second kappa shape index (κ2) is 8.50. The van der Waals surface area contributed by atoms with Gasteiger partial charge in [0.15, 0.2) is 5.65 Å². The third-order valence-corrected chi connectivity index (χ3v) is 5.10. The van der Waals surface area contributed by atoms with Crippen molar-refractivity contribution < 1.29 is 9.64 Å². The first-order valence-corrected chi connectivity index (χ1v) is 9.93. The van der Waals surface area contributed by atoms with Crippen molar-refractivity contribution in [2.45, 2.75) is 19.8 Å². The molecule has 0 atom stereocenters. The Bertz CT molecular complexity index is 871. The van der Waals surface area contributed by atoms with Gasteiger partial charge in [0, 0.05) is 17.3 Å². The van der Waals surface area contributed by atoms with Gasteiger partial charge < -0.3 is 15.0 Å². The monoisotopic (exact) mass is 366 g/mol. The van der Waals surface area contributed by atoms with Crippen LogP contribution in [-0.4, -0.2) is 54.0 Å². The molecule has 1 saturated heterocycles. The first-order chi connectivity index (χ1) is 13.3. The Kier molecular flexibility index (Phi) is 5.65. The van der Waals surface area contributed by atoms with Crippen LogP contribution in [0.5, 0.6) is 0 Å². The summed E-state index contributed by atoms with van der Waals surface area (Å²) in [5, 5.41) is 8.22. The lowest BCUT2D eigenvalue weighted by molar-refractivity contribution is -0.906. The maximum absolute atomic E-state index is 5.45. The topological polar surface area (TPSA) is 55.9 Å². The minimum atomic E-state index is 0.870. The molecule has 0 unspecified atom stereocenters. The molecule has 27 heavy (non-hydrogen) atoms. The second-order valence-corrected chi connectivity index (χ2v) is 7.08. The number of aryl methyl sites for hydroxylation is 1. The van der Waals surface area contributed by atoms with Crippen molar-refractivity contribution in [1.29, 1.82) is 0 Å². The summed E-state index contributed by atoms with van der Waals surface area (Å²) in [6.07, 6.45) is 3.97. The van der Waals surface area contributed by atoms with Gasteiger partial charge >= 0.3 is 0 Å². The molecule has 6 heteroatoms. The smallest absolute Gasteiger partial charge is 0.165 e. The molecule has 1 aromatic carbocycles. The van der Waals surface area contributed by atoms with Crippen molar-refractivity contribution in [3.63, 3.8) is 0 Å². The molecule has 2 N–H and O–H groups in total. The molecule has 0 spiro atoms. The van der Waals surface area contributed by atoms with E-state index < -0.39 is 0 Å². The molecule has 142 valence electrons. The van der Waals surface area contributed by atoms with E-state index in [1.165, 1.54) is 0 Å². The fourth-order valence-corrected chi connectivity index (χ4v) is 3.62. The fourth-order valence-electron chi connectivity index (χ4n) is 3.62. The number of aromatic nitrogens is 3. The molecule has 2 aromatic heterocycles. The van der Waals surface area contributed by atoms with Gasteiger partial charge in [-0.25, -0.2) is 4.98 Å². The minimum Gasteiger partial charge on any atom is -0.370 e. The molecule has 0 radical (unpaired) electrons. The van der Waals surface area contributed by atoms with E-state index in [0.29, 0.717) is 0 Å². The largest absolute Gasteiger partial charge is 0.370 e. The Morgan fingerprint density at radius 2 is 2.00 bits per heavy atom. The lowest BCUT2D eigenvalue weighted by Gasteiger charge is -2.24. The van der Waals surface area contributed by atoms with Crippen LogP contribution in [0.2, 0.25) is 0 Å². The van der Waals surface area contributed by atoms with Crippen LogP contribution in [0.15, 0.2) is 42.6 Å². The Labute approximate surface area is 160 Å². The van der Waals surface area contributed by atoms with Gasteiger partial charge in [-0.15, -0.1) is 0 Å². The number of quaternary nitrogens is 1. The lowest BCUT2D eigenvalue weighted by atomic mass is 10.1. The van der Waals surface area contributed by atoms with Gasteiger partial charge in [0.05, 0.1) is 32.5 Å². The van der Waals surface area contributed by atoms with Gasteiger partial charge in [-0.1, -0.05) is 43.7 Å². The van der Waals surface area contributed by atoms with Gasteiger partial charge in [0.2, 0.25) is 0 Å². The number of nitrogens with one attached hydrogen (secondary N) is 2. The van der Waals surface area contributed by atoms with Crippen LogP contribution in [0.4, 0.5) is 5.82 Å². The first-order valence-electron chi connectivity index (χ1n) is 9.93. The number of benzene rings is 1. The third-order valence-electron chi connectivity index (χ3n) is 5.10. The van der Waals surface area contributed by atoms with Crippen LogP contribution in [0, 0.1) is 0 Å². The molecule has 0 bridgehead atoms. The van der Waals surface area contributed by atoms with E-state index in [0.717, 1.165) is 80.5 Å². The van der Waals surface area contributed by atoms with E-state index in [-0.39, 0.29) is 0 Å². The van der Waals surface area contributed by atoms with Crippen molar-refractivity contribution in [2.75, 3.05) is 44.7 Å². The lowest BCUT2D eigenvalue weighted by Crippen LogP contribution is -3.14. The summed E-state index contributed by atoms with van der Waals surface area (Å²) in [5.41, 5.74) is 4.27. The van der Waals surface area contributed by atoms with E-state index in [9.17, 15) is 0 Å². The van der Waals surface area contributed by atoms with Crippen molar-refractivity contribution >= 4 is 11.5 Å². The molecule has 1 aliphatic rings. The maximum atomic E-state index is 5.45. The number of hydrogen-bond donors (Lipinski definition) is 2. The summed E-state index contributed by atoms with van der Waals surface area (Å²) in [6, 6.07) is 12.5. The third kappa shape index (κ3) is 4.12. The summed E-state index contributed by atoms with van der Waals surface area (Å²) in [6.45, 7) is 8.12. The Hall–Kier alpha value is -2.44. The SMILES string of the molecule is CCCc1cc(NCC[NH+]2CCOCC2)n2ncc(-c3ccccc3)c2n1. The molecule has 1 fully saturated rings. The van der Waals surface area contributed by atoms with Crippen LogP contribution >= 0.6 is 0 Å². The fraction of sp³-hybridized carbons (Fsp3) is 0.429. The first kappa shape index (κ1) is 17.9. The van der Waals surface area contributed by atoms with Gasteiger partial charge in [0.25, 0.3) is 0 Å². The molecule has 1 aliphatic heterocycles. The number of ether oxygens (including phenoxy) is 1. The summed E-state index contributed by atoms with van der Waals surface area (Å²) < 4.78 is 7.39. The van der Waals surface area contributed by atoms with Crippen molar-refractivity contribution in [3.05, 3.63) is 48.3 Å². The predicted octanol–water partition coefficient (Wildman–Crippen LogP) is 1.68. The molecule has 0 saturated carbocycles. The molecule has 0 aliphatic carbocycles. The van der Waals surface area contributed by atoms with Crippen LogP contribution in [0.25, 0.3) is 16.8 Å². The van der Waals surface area contributed by atoms with E-state index >= 15 is 0 Å². The summed E-state index contributed by atoms with van der Waals surface area (Å²) >= 11 is 0. The molecule has 3 heterocycles. The second-order valence-electron chi connectivity index (χ2n) is 7.08. The highest BCUT2D eigenvalue weighted by atomic mass is 16.5. The average molecular weight is 366 g/mol.